The number of benzene rings is 2. The maximum Gasteiger partial charge on any atom is 0.325 e. The standard InChI is InChI=1S/C32H43N3O5/c1-8-12-23-13-10-11-14-26(23)40-21-29(36)33(5)16-15-32(4)28-17-22(3)30-24(18-25(38-6)19-27(30)39-7)20-34(28)31(37)35(32)9-2/h10-11,13-14,17-19,22H,8-9,12,15-16,20-21H2,1-7H3/t22-,32?/m0/s1. The van der Waals surface area contributed by atoms with Crippen LogP contribution < -0.4 is 14.2 Å². The Bertz CT molecular complexity index is 1280. The van der Waals surface area contributed by atoms with Gasteiger partial charge in [0.05, 0.1) is 26.3 Å². The van der Waals surface area contributed by atoms with Crippen LogP contribution in [-0.4, -0.2) is 73.1 Å². The van der Waals surface area contributed by atoms with E-state index < -0.39 is 5.54 Å². The van der Waals surface area contributed by atoms with Crippen molar-refractivity contribution >= 4 is 11.9 Å². The average molecular weight is 550 g/mol. The number of likely N-dealkylation sites (N-methyl/N-ethyl adjacent to an activating group) is 2. The van der Waals surface area contributed by atoms with E-state index in [1.807, 2.05) is 53.1 Å². The smallest absolute Gasteiger partial charge is 0.325 e. The van der Waals surface area contributed by atoms with Crippen molar-refractivity contribution in [3.63, 3.8) is 0 Å². The Balaban J connectivity index is 1.53. The lowest BCUT2D eigenvalue weighted by Gasteiger charge is -2.35. The first-order chi connectivity index (χ1) is 19.2. The fraction of sp³-hybridized carbons (Fsp3) is 0.500. The van der Waals surface area contributed by atoms with Crippen LogP contribution in [0, 0.1) is 0 Å². The second kappa shape index (κ2) is 12.2. The molecule has 1 saturated heterocycles. The van der Waals surface area contributed by atoms with Crippen LogP contribution in [0.3, 0.4) is 0 Å². The van der Waals surface area contributed by atoms with E-state index in [4.69, 9.17) is 14.2 Å². The van der Waals surface area contributed by atoms with Gasteiger partial charge < -0.3 is 24.0 Å². The fourth-order valence-electron chi connectivity index (χ4n) is 6.02. The van der Waals surface area contributed by atoms with Crippen LogP contribution in [0.5, 0.6) is 17.2 Å². The number of hydrogen-bond donors (Lipinski definition) is 0. The Kier molecular flexibility index (Phi) is 8.96. The molecule has 2 aromatic carbocycles. The van der Waals surface area contributed by atoms with Gasteiger partial charge in [-0.3, -0.25) is 9.69 Å². The molecule has 0 bridgehead atoms. The lowest BCUT2D eigenvalue weighted by Crippen LogP contribution is -2.46. The van der Waals surface area contributed by atoms with E-state index in [9.17, 15) is 9.59 Å². The molecule has 2 heterocycles. The topological polar surface area (TPSA) is 71.5 Å². The third-order valence-electron chi connectivity index (χ3n) is 8.27. The van der Waals surface area contributed by atoms with Crippen LogP contribution >= 0.6 is 0 Å². The fourth-order valence-corrected chi connectivity index (χ4v) is 6.02. The first-order valence-corrected chi connectivity index (χ1v) is 14.2. The number of carbonyl (C=O) groups excluding carboxylic acids is 2. The molecule has 0 spiro atoms. The Morgan fingerprint density at radius 3 is 2.55 bits per heavy atom. The summed E-state index contributed by atoms with van der Waals surface area (Å²) >= 11 is 0. The number of amides is 3. The van der Waals surface area contributed by atoms with Crippen LogP contribution in [0.1, 0.15) is 63.1 Å². The van der Waals surface area contributed by atoms with Crippen molar-refractivity contribution in [3.8, 4) is 17.2 Å². The van der Waals surface area contributed by atoms with Gasteiger partial charge >= 0.3 is 6.03 Å². The second-order valence-corrected chi connectivity index (χ2v) is 10.8. The third-order valence-corrected chi connectivity index (χ3v) is 8.27. The molecule has 2 aliphatic heterocycles. The van der Waals surface area contributed by atoms with Crippen LogP contribution in [0.25, 0.3) is 0 Å². The van der Waals surface area contributed by atoms with E-state index in [1.54, 1.807) is 26.2 Å². The minimum absolute atomic E-state index is 0.0207. The number of nitrogens with zero attached hydrogens (tertiary/aromatic N) is 3. The highest BCUT2D eigenvalue weighted by molar-refractivity contribution is 5.83. The Morgan fingerprint density at radius 1 is 1.12 bits per heavy atom. The Hall–Kier alpha value is -3.68. The highest BCUT2D eigenvalue weighted by atomic mass is 16.5. The largest absolute Gasteiger partial charge is 0.497 e. The molecule has 0 aromatic heterocycles. The summed E-state index contributed by atoms with van der Waals surface area (Å²) < 4.78 is 17.2. The normalized spacial score (nSPS) is 19.9. The Labute approximate surface area is 238 Å². The van der Waals surface area contributed by atoms with Gasteiger partial charge in [0.1, 0.15) is 17.2 Å². The van der Waals surface area contributed by atoms with Gasteiger partial charge in [0.25, 0.3) is 5.91 Å². The lowest BCUT2D eigenvalue weighted by atomic mass is 9.88. The van der Waals surface area contributed by atoms with E-state index in [2.05, 4.69) is 26.8 Å². The summed E-state index contributed by atoms with van der Waals surface area (Å²) in [5.74, 6) is 2.15. The number of ether oxygens (including phenoxy) is 3. The number of para-hydroxylation sites is 1. The molecule has 1 unspecified atom stereocenters. The van der Waals surface area contributed by atoms with Crippen molar-refractivity contribution in [3.05, 3.63) is 64.9 Å². The molecular formula is C32H43N3O5. The summed E-state index contributed by atoms with van der Waals surface area (Å²) in [7, 11) is 5.09. The minimum Gasteiger partial charge on any atom is -0.497 e. The van der Waals surface area contributed by atoms with Crippen molar-refractivity contribution in [2.75, 3.05) is 41.0 Å². The summed E-state index contributed by atoms with van der Waals surface area (Å²) in [5, 5.41) is 0. The van der Waals surface area contributed by atoms with E-state index in [0.717, 1.165) is 46.7 Å². The molecule has 2 aliphatic rings. The molecule has 216 valence electrons. The van der Waals surface area contributed by atoms with Crippen molar-refractivity contribution in [1.82, 2.24) is 14.7 Å². The molecule has 40 heavy (non-hydrogen) atoms. The zero-order valence-electron chi connectivity index (χ0n) is 25.0. The summed E-state index contributed by atoms with van der Waals surface area (Å²) in [6, 6.07) is 11.7. The van der Waals surface area contributed by atoms with E-state index >= 15 is 0 Å². The second-order valence-electron chi connectivity index (χ2n) is 10.8. The number of allylic oxidation sites excluding steroid dienone is 1. The first kappa shape index (κ1) is 29.3. The number of carbonyl (C=O) groups is 2. The highest BCUT2D eigenvalue weighted by Gasteiger charge is 2.51. The predicted molar refractivity (Wildman–Crippen MR) is 156 cm³/mol. The third kappa shape index (κ3) is 5.49. The van der Waals surface area contributed by atoms with Crippen molar-refractivity contribution in [1.29, 1.82) is 0 Å². The molecule has 1 fully saturated rings. The van der Waals surface area contributed by atoms with Crippen molar-refractivity contribution in [2.45, 2.75) is 65.0 Å². The molecule has 0 N–H and O–H groups in total. The van der Waals surface area contributed by atoms with Gasteiger partial charge in [-0.05, 0) is 49.9 Å². The number of hydrogen-bond acceptors (Lipinski definition) is 5. The molecule has 3 amide bonds. The van der Waals surface area contributed by atoms with E-state index in [0.29, 0.717) is 31.8 Å². The van der Waals surface area contributed by atoms with Crippen molar-refractivity contribution in [2.24, 2.45) is 0 Å². The number of methoxy groups -OCH3 is 2. The van der Waals surface area contributed by atoms with Crippen LogP contribution in [0.15, 0.2) is 48.2 Å². The maximum atomic E-state index is 13.7. The van der Waals surface area contributed by atoms with Crippen LogP contribution in [0.2, 0.25) is 0 Å². The summed E-state index contributed by atoms with van der Waals surface area (Å²) in [5.41, 5.74) is 3.59. The first-order valence-electron chi connectivity index (χ1n) is 14.2. The van der Waals surface area contributed by atoms with Gasteiger partial charge in [-0.2, -0.15) is 0 Å². The molecule has 2 atom stereocenters. The minimum atomic E-state index is -0.567. The predicted octanol–water partition coefficient (Wildman–Crippen LogP) is 5.60. The number of fused-ring (bicyclic) bond motifs is 2. The summed E-state index contributed by atoms with van der Waals surface area (Å²) in [4.78, 5) is 32.3. The molecule has 2 aromatic rings. The van der Waals surface area contributed by atoms with Gasteiger partial charge in [0, 0.05) is 43.4 Å². The van der Waals surface area contributed by atoms with Crippen molar-refractivity contribution < 1.29 is 23.8 Å². The quantitative estimate of drug-likeness (QED) is 0.365. The van der Waals surface area contributed by atoms with Gasteiger partial charge in [-0.15, -0.1) is 0 Å². The summed E-state index contributed by atoms with van der Waals surface area (Å²) in [6.07, 6.45) is 4.71. The molecule has 0 aliphatic carbocycles. The highest BCUT2D eigenvalue weighted by Crippen LogP contribution is 2.46. The number of rotatable bonds is 11. The molecule has 4 rings (SSSR count). The zero-order chi connectivity index (χ0) is 29.0. The zero-order valence-corrected chi connectivity index (χ0v) is 25.0. The van der Waals surface area contributed by atoms with E-state index in [-0.39, 0.29) is 24.5 Å². The van der Waals surface area contributed by atoms with Gasteiger partial charge in [0.15, 0.2) is 6.61 Å². The molecule has 0 radical (unpaired) electrons. The Morgan fingerprint density at radius 2 is 1.88 bits per heavy atom. The van der Waals surface area contributed by atoms with Crippen LogP contribution in [0.4, 0.5) is 4.79 Å². The maximum absolute atomic E-state index is 13.7. The van der Waals surface area contributed by atoms with E-state index in [1.165, 1.54) is 0 Å². The number of aryl methyl sites for hydroxylation is 1. The molecule has 0 saturated carbocycles. The van der Waals surface area contributed by atoms with Gasteiger partial charge in [-0.25, -0.2) is 4.79 Å². The van der Waals surface area contributed by atoms with Crippen LogP contribution in [-0.2, 0) is 17.8 Å². The van der Waals surface area contributed by atoms with Gasteiger partial charge in [-0.1, -0.05) is 44.5 Å². The summed E-state index contributed by atoms with van der Waals surface area (Å²) in [6.45, 7) is 9.84. The monoisotopic (exact) mass is 549 g/mol. The lowest BCUT2D eigenvalue weighted by molar-refractivity contribution is -0.132. The molecular weight excluding hydrogens is 506 g/mol. The average Bonchev–Trinajstić information content (AvgIpc) is 3.05. The molecule has 8 nitrogen and oxygen atoms in total. The molecule has 8 heteroatoms. The van der Waals surface area contributed by atoms with Gasteiger partial charge in [0.2, 0.25) is 0 Å². The SMILES string of the molecule is CCCc1ccccc1OCC(=O)N(C)CCC1(C)C2=C[C@H](C)c3c(cc(OC)cc3OC)CN2C(=O)N1CC. The number of urea groups is 1.